The van der Waals surface area contributed by atoms with E-state index < -0.39 is 0 Å². The Kier molecular flexibility index (Phi) is 3.07. The van der Waals surface area contributed by atoms with Crippen LogP contribution < -0.4 is 10.9 Å². The molecule has 0 saturated heterocycles. The van der Waals surface area contributed by atoms with Gasteiger partial charge in [0.15, 0.2) is 0 Å². The van der Waals surface area contributed by atoms with Crippen LogP contribution in [0.2, 0.25) is 0 Å². The lowest BCUT2D eigenvalue weighted by atomic mass is 10.4. The molecule has 0 spiro atoms. The monoisotopic (exact) mass is 194 g/mol. The van der Waals surface area contributed by atoms with Crippen molar-refractivity contribution in [3.8, 4) is 6.07 Å². The van der Waals surface area contributed by atoms with Crippen LogP contribution in [-0.4, -0.2) is 22.7 Å². The number of amides is 1. The van der Waals surface area contributed by atoms with Gasteiger partial charge in [-0.25, -0.2) is 0 Å². The van der Waals surface area contributed by atoms with Crippen molar-refractivity contribution < 1.29 is 4.79 Å². The number of nitrogens with zero attached hydrogens (tertiary/aromatic N) is 2. The Labute approximate surface area is 80.1 Å². The van der Waals surface area contributed by atoms with Gasteiger partial charge in [-0.3, -0.25) is 19.4 Å². The van der Waals surface area contributed by atoms with Crippen molar-refractivity contribution in [1.82, 2.24) is 15.1 Å². The molecule has 6 heteroatoms. The second-order valence-electron chi connectivity index (χ2n) is 2.65. The third-order valence-corrected chi connectivity index (χ3v) is 1.71. The third-order valence-electron chi connectivity index (χ3n) is 1.71. The fraction of sp³-hybridized carbons (Fsp3) is 0.375. The van der Waals surface area contributed by atoms with E-state index in [-0.39, 0.29) is 30.1 Å². The minimum Gasteiger partial charge on any atom is -0.354 e. The van der Waals surface area contributed by atoms with E-state index in [9.17, 15) is 9.59 Å². The fourth-order valence-corrected chi connectivity index (χ4v) is 1.01. The first-order valence-electron chi connectivity index (χ1n) is 4.08. The molecule has 0 fully saturated rings. The van der Waals surface area contributed by atoms with Crippen molar-refractivity contribution in [3.05, 3.63) is 22.1 Å². The van der Waals surface area contributed by atoms with Gasteiger partial charge in [0.05, 0.1) is 19.0 Å². The average Bonchev–Trinajstić information content (AvgIpc) is 2.56. The molecular weight excluding hydrogens is 184 g/mol. The summed E-state index contributed by atoms with van der Waals surface area (Å²) in [7, 11) is 1.48. The molecule has 1 aromatic heterocycles. The first-order valence-corrected chi connectivity index (χ1v) is 4.08. The Hall–Kier alpha value is -2.03. The van der Waals surface area contributed by atoms with Gasteiger partial charge in [-0.15, -0.1) is 0 Å². The minimum absolute atomic E-state index is 0.204. The number of H-pyrrole nitrogens is 1. The first kappa shape index (κ1) is 10.1. The molecule has 0 unspecified atom stereocenters. The van der Waals surface area contributed by atoms with E-state index >= 15 is 0 Å². The van der Waals surface area contributed by atoms with E-state index in [2.05, 4.69) is 10.4 Å². The van der Waals surface area contributed by atoms with Gasteiger partial charge in [0.1, 0.15) is 5.69 Å². The maximum absolute atomic E-state index is 11.2. The summed E-state index contributed by atoms with van der Waals surface area (Å²) in [5.41, 5.74) is -0.103. The lowest BCUT2D eigenvalue weighted by Gasteiger charge is -1.97. The maximum atomic E-state index is 11.2. The topological polar surface area (TPSA) is 90.7 Å². The van der Waals surface area contributed by atoms with Gasteiger partial charge in [-0.05, 0) is 0 Å². The number of carbonyl (C=O) groups is 1. The van der Waals surface area contributed by atoms with E-state index in [1.807, 2.05) is 6.07 Å². The van der Waals surface area contributed by atoms with Crippen LogP contribution in [0, 0.1) is 11.3 Å². The van der Waals surface area contributed by atoms with Gasteiger partial charge in [-0.2, -0.15) is 5.26 Å². The standard InChI is InChI=1S/C8H10N4O2/c1-10-8(14)6-5-7(13)12(11-6)4-2-3-9/h5,11H,2,4H2,1H3,(H,10,14). The molecule has 1 heterocycles. The summed E-state index contributed by atoms with van der Waals surface area (Å²) in [6.45, 7) is 0.270. The van der Waals surface area contributed by atoms with Crippen LogP contribution in [0.25, 0.3) is 0 Å². The third kappa shape index (κ3) is 2.01. The van der Waals surface area contributed by atoms with Crippen molar-refractivity contribution in [2.75, 3.05) is 7.05 Å². The summed E-state index contributed by atoms with van der Waals surface area (Å²) < 4.78 is 1.23. The second-order valence-corrected chi connectivity index (χ2v) is 2.65. The molecule has 74 valence electrons. The molecule has 1 aromatic rings. The van der Waals surface area contributed by atoms with Gasteiger partial charge in [0.25, 0.3) is 11.5 Å². The van der Waals surface area contributed by atoms with Gasteiger partial charge < -0.3 is 5.32 Å². The summed E-state index contributed by atoms with van der Waals surface area (Å²) in [4.78, 5) is 22.3. The number of aryl methyl sites for hydroxylation is 1. The Morgan fingerprint density at radius 2 is 2.50 bits per heavy atom. The van der Waals surface area contributed by atoms with Crippen LogP contribution in [0.15, 0.2) is 10.9 Å². The van der Waals surface area contributed by atoms with Gasteiger partial charge in [0.2, 0.25) is 0 Å². The number of carbonyl (C=O) groups excluding carboxylic acids is 1. The largest absolute Gasteiger partial charge is 0.354 e. The van der Waals surface area contributed by atoms with Gasteiger partial charge in [-0.1, -0.05) is 0 Å². The predicted molar refractivity (Wildman–Crippen MR) is 48.7 cm³/mol. The molecule has 1 amide bonds. The predicted octanol–water partition coefficient (Wildman–Crippen LogP) is -0.550. The van der Waals surface area contributed by atoms with Crippen LogP contribution in [0.3, 0.4) is 0 Å². The Morgan fingerprint density at radius 3 is 3.07 bits per heavy atom. The molecule has 1 rings (SSSR count). The molecule has 2 N–H and O–H groups in total. The second kappa shape index (κ2) is 4.28. The summed E-state index contributed by atoms with van der Waals surface area (Å²) in [5.74, 6) is -0.349. The molecule has 0 saturated carbocycles. The van der Waals surface area contributed by atoms with Crippen LogP contribution >= 0.6 is 0 Å². The smallest absolute Gasteiger partial charge is 0.269 e. The van der Waals surface area contributed by atoms with Crippen molar-refractivity contribution in [1.29, 1.82) is 5.26 Å². The number of hydrogen-bond donors (Lipinski definition) is 2. The molecule has 0 atom stereocenters. The average molecular weight is 194 g/mol. The molecule has 6 nitrogen and oxygen atoms in total. The highest BCUT2D eigenvalue weighted by Gasteiger charge is 2.08. The Balaban J connectivity index is 2.89. The number of aromatic nitrogens is 2. The summed E-state index contributed by atoms with van der Waals surface area (Å²) in [6, 6.07) is 3.12. The van der Waals surface area contributed by atoms with Gasteiger partial charge in [0, 0.05) is 13.1 Å². The van der Waals surface area contributed by atoms with Crippen LogP contribution in [0.4, 0.5) is 0 Å². The summed E-state index contributed by atoms with van der Waals surface area (Å²) in [6.07, 6.45) is 0.230. The highest BCUT2D eigenvalue weighted by Crippen LogP contribution is 1.90. The zero-order chi connectivity index (χ0) is 10.6. The van der Waals surface area contributed by atoms with Crippen molar-refractivity contribution in [3.63, 3.8) is 0 Å². The number of nitrogens with one attached hydrogen (secondary N) is 2. The first-order chi connectivity index (χ1) is 6.69. The highest BCUT2D eigenvalue weighted by atomic mass is 16.2. The Bertz CT molecular complexity index is 423. The maximum Gasteiger partial charge on any atom is 0.269 e. The number of rotatable bonds is 3. The fourth-order valence-electron chi connectivity index (χ4n) is 1.01. The SMILES string of the molecule is CNC(=O)c1cc(=O)n(CCC#N)[nH]1. The van der Waals surface area contributed by atoms with Crippen molar-refractivity contribution in [2.45, 2.75) is 13.0 Å². The highest BCUT2D eigenvalue weighted by molar-refractivity contribution is 5.91. The summed E-state index contributed by atoms with van der Waals surface area (Å²) >= 11 is 0. The molecular formula is C8H10N4O2. The summed E-state index contributed by atoms with van der Waals surface area (Å²) in [5, 5.41) is 13.3. The van der Waals surface area contributed by atoms with Gasteiger partial charge >= 0.3 is 0 Å². The van der Waals surface area contributed by atoms with E-state index in [0.717, 1.165) is 0 Å². The zero-order valence-corrected chi connectivity index (χ0v) is 7.70. The minimum atomic E-state index is -0.349. The quantitative estimate of drug-likeness (QED) is 0.676. The van der Waals surface area contributed by atoms with E-state index in [1.54, 1.807) is 0 Å². The molecule has 14 heavy (non-hydrogen) atoms. The molecule has 0 aromatic carbocycles. The number of nitriles is 1. The molecule has 0 radical (unpaired) electrons. The lowest BCUT2D eigenvalue weighted by molar-refractivity contribution is 0.0957. The normalized spacial score (nSPS) is 9.43. The van der Waals surface area contributed by atoms with E-state index in [4.69, 9.17) is 5.26 Å². The van der Waals surface area contributed by atoms with Crippen molar-refractivity contribution >= 4 is 5.91 Å². The van der Waals surface area contributed by atoms with Crippen LogP contribution in [-0.2, 0) is 6.54 Å². The Morgan fingerprint density at radius 1 is 1.79 bits per heavy atom. The number of aromatic amines is 1. The number of hydrogen-bond acceptors (Lipinski definition) is 3. The molecule has 0 bridgehead atoms. The molecule has 0 aliphatic heterocycles. The molecule has 0 aliphatic carbocycles. The van der Waals surface area contributed by atoms with E-state index in [1.165, 1.54) is 17.8 Å². The molecule has 0 aliphatic rings. The van der Waals surface area contributed by atoms with Crippen LogP contribution in [0.1, 0.15) is 16.9 Å². The van der Waals surface area contributed by atoms with Crippen molar-refractivity contribution in [2.24, 2.45) is 0 Å². The van der Waals surface area contributed by atoms with E-state index in [0.29, 0.717) is 0 Å². The lowest BCUT2D eigenvalue weighted by Crippen LogP contribution is -2.19. The zero-order valence-electron chi connectivity index (χ0n) is 7.70. The van der Waals surface area contributed by atoms with Crippen LogP contribution in [0.5, 0.6) is 0 Å².